The third kappa shape index (κ3) is 7.91. The topological polar surface area (TPSA) is 183 Å². The fourth-order valence-electron chi connectivity index (χ4n) is 7.90. The molecule has 2 amide bonds. The van der Waals surface area contributed by atoms with Gasteiger partial charge in [-0.05, 0) is 54.2 Å². The quantitative estimate of drug-likeness (QED) is 0.100. The number of phenolic OH excluding ortho intramolecular Hbond substituents is 1. The number of aliphatic hydroxyl groups is 1. The van der Waals surface area contributed by atoms with Crippen molar-refractivity contribution in [3.63, 3.8) is 0 Å². The summed E-state index contributed by atoms with van der Waals surface area (Å²) in [6.45, 7) is 10.3. The highest BCUT2D eigenvalue weighted by molar-refractivity contribution is 7.13. The Balaban J connectivity index is 0.847. The van der Waals surface area contributed by atoms with Gasteiger partial charge in [-0.1, -0.05) is 61.8 Å². The molecule has 16 heteroatoms. The van der Waals surface area contributed by atoms with E-state index in [-0.39, 0.29) is 54.3 Å². The standard InChI is InChI=1S/C42H45ClN8O6S/c1-22(2)36(42(55)51-20-28(52)15-32(51)41(54)45-23(3)25-9-11-26(12-10-25)39-24(4)44-21-58-39)34-17-35(49-57-34)56-14-13-50-18-27(19-50)38-37(43)30-16-31(47-48-40(30)46-38)29-7-5-6-8-33(29)53/h5-12,16-17,21-23,27-28,32,36,52-53H,13-15,18-20H2,1-4H3,(H,45,54)(H,46,48)/t23-,28+,32-,36+/m0/s1. The summed E-state index contributed by atoms with van der Waals surface area (Å²) in [6, 6.07) is 17.3. The summed E-state index contributed by atoms with van der Waals surface area (Å²) in [5.74, 6) is -0.649. The lowest BCUT2D eigenvalue weighted by Crippen LogP contribution is -2.48. The smallest absolute Gasteiger partial charge is 0.254 e. The number of H-pyrrole nitrogens is 1. The fourth-order valence-corrected chi connectivity index (χ4v) is 9.06. The molecule has 8 rings (SSSR count). The van der Waals surface area contributed by atoms with Gasteiger partial charge in [-0.25, -0.2) is 4.98 Å². The van der Waals surface area contributed by atoms with Gasteiger partial charge in [0.1, 0.15) is 24.3 Å². The van der Waals surface area contributed by atoms with Crippen LogP contribution in [0.3, 0.4) is 0 Å². The number of hydrogen-bond donors (Lipinski definition) is 4. The van der Waals surface area contributed by atoms with Crippen molar-refractivity contribution in [3.8, 4) is 33.3 Å². The molecule has 4 aromatic heterocycles. The highest BCUT2D eigenvalue weighted by atomic mass is 35.5. The number of thiazole rings is 1. The van der Waals surface area contributed by atoms with Crippen LogP contribution in [-0.4, -0.2) is 102 Å². The van der Waals surface area contributed by atoms with E-state index in [4.69, 9.17) is 20.9 Å². The first-order valence-electron chi connectivity index (χ1n) is 19.4. The zero-order valence-electron chi connectivity index (χ0n) is 32.6. The zero-order valence-corrected chi connectivity index (χ0v) is 34.1. The van der Waals surface area contributed by atoms with Crippen LogP contribution >= 0.6 is 22.9 Å². The Kier molecular flexibility index (Phi) is 11.2. The Morgan fingerprint density at radius 2 is 1.86 bits per heavy atom. The van der Waals surface area contributed by atoms with Crippen molar-refractivity contribution in [2.45, 2.75) is 64.1 Å². The molecule has 0 unspecified atom stereocenters. The summed E-state index contributed by atoms with van der Waals surface area (Å²) in [4.78, 5) is 40.3. The first-order chi connectivity index (χ1) is 27.9. The van der Waals surface area contributed by atoms with Crippen molar-refractivity contribution in [2.75, 3.05) is 32.8 Å². The van der Waals surface area contributed by atoms with Crippen LogP contribution in [0.25, 0.3) is 32.7 Å². The second-order valence-corrected chi connectivity index (χ2v) is 16.7. The lowest BCUT2D eigenvalue weighted by molar-refractivity contribution is -0.141. The molecular formula is C42H45ClN8O6S. The number of carbonyl (C=O) groups excluding carboxylic acids is 2. The molecule has 0 aliphatic carbocycles. The van der Waals surface area contributed by atoms with Crippen LogP contribution in [0.5, 0.6) is 11.6 Å². The van der Waals surface area contributed by atoms with Crippen molar-refractivity contribution < 1.29 is 29.1 Å². The average molecular weight is 825 g/mol. The van der Waals surface area contributed by atoms with Crippen LogP contribution < -0.4 is 10.1 Å². The number of para-hydroxylation sites is 1. The van der Waals surface area contributed by atoms with Crippen molar-refractivity contribution in [1.82, 2.24) is 40.4 Å². The number of aliphatic hydroxyl groups excluding tert-OH is 1. The third-order valence-corrected chi connectivity index (χ3v) is 12.5. The van der Waals surface area contributed by atoms with Crippen LogP contribution in [0, 0.1) is 12.8 Å². The maximum atomic E-state index is 14.1. The van der Waals surface area contributed by atoms with Crippen molar-refractivity contribution >= 4 is 45.8 Å². The monoisotopic (exact) mass is 824 g/mol. The molecule has 2 aliphatic heterocycles. The Labute approximate surface area is 344 Å². The number of benzene rings is 2. The lowest BCUT2D eigenvalue weighted by Gasteiger charge is -2.38. The van der Waals surface area contributed by atoms with E-state index in [1.54, 1.807) is 35.6 Å². The number of aromatic nitrogens is 5. The molecule has 2 aromatic carbocycles. The van der Waals surface area contributed by atoms with Gasteiger partial charge in [0.15, 0.2) is 11.4 Å². The average Bonchev–Trinajstić information content (AvgIpc) is 4.00. The number of carbonyl (C=O) groups is 2. The molecule has 0 spiro atoms. The Morgan fingerprint density at radius 1 is 1.09 bits per heavy atom. The summed E-state index contributed by atoms with van der Waals surface area (Å²) in [5.41, 5.74) is 7.41. The Morgan fingerprint density at radius 3 is 2.59 bits per heavy atom. The molecule has 6 heterocycles. The van der Waals surface area contributed by atoms with E-state index in [0.29, 0.717) is 40.8 Å². The molecule has 0 bridgehead atoms. The molecule has 2 fully saturated rings. The van der Waals surface area contributed by atoms with Crippen LogP contribution in [0.1, 0.15) is 67.8 Å². The van der Waals surface area contributed by atoms with Crippen LogP contribution in [0.2, 0.25) is 5.02 Å². The third-order valence-electron chi connectivity index (χ3n) is 11.1. The number of fused-ring (bicyclic) bond motifs is 1. The molecule has 14 nitrogen and oxygen atoms in total. The van der Waals surface area contributed by atoms with Gasteiger partial charge in [0.25, 0.3) is 5.88 Å². The molecule has 0 saturated carbocycles. The maximum Gasteiger partial charge on any atom is 0.254 e. The maximum absolute atomic E-state index is 14.1. The van der Waals surface area contributed by atoms with E-state index in [0.717, 1.165) is 45.9 Å². The van der Waals surface area contributed by atoms with E-state index in [1.165, 1.54) is 4.90 Å². The van der Waals surface area contributed by atoms with Crippen molar-refractivity contribution in [1.29, 1.82) is 0 Å². The number of hydrogen-bond acceptors (Lipinski definition) is 12. The largest absolute Gasteiger partial charge is 0.507 e. The van der Waals surface area contributed by atoms with Gasteiger partial charge in [-0.15, -0.1) is 21.5 Å². The number of likely N-dealkylation sites (tertiary alicyclic amines) is 2. The Bertz CT molecular complexity index is 2430. The molecule has 4 N–H and O–H groups in total. The van der Waals surface area contributed by atoms with Crippen molar-refractivity contribution in [3.05, 3.63) is 93.9 Å². The summed E-state index contributed by atoms with van der Waals surface area (Å²) >= 11 is 8.41. The highest BCUT2D eigenvalue weighted by Crippen LogP contribution is 2.38. The van der Waals surface area contributed by atoms with Crippen molar-refractivity contribution in [2.24, 2.45) is 5.92 Å². The van der Waals surface area contributed by atoms with Gasteiger partial charge in [-0.3, -0.25) is 14.5 Å². The first kappa shape index (κ1) is 39.5. The molecule has 0 radical (unpaired) electrons. The number of aryl methyl sites for hydroxylation is 1. The number of amides is 2. The number of β-amino-alcohol motifs (C(OH)–C–C–N with tert-alkyl or cyclic N) is 1. The van der Waals surface area contributed by atoms with Crippen LogP contribution in [-0.2, 0) is 9.59 Å². The van der Waals surface area contributed by atoms with Gasteiger partial charge in [0.05, 0.1) is 38.9 Å². The molecule has 302 valence electrons. The highest BCUT2D eigenvalue weighted by Gasteiger charge is 2.43. The number of aromatic hydroxyl groups is 1. The van der Waals surface area contributed by atoms with Gasteiger partial charge in [-0.2, -0.15) is 0 Å². The zero-order chi connectivity index (χ0) is 40.7. The molecular weight excluding hydrogens is 780 g/mol. The Hall–Kier alpha value is -5.35. The van der Waals surface area contributed by atoms with Crippen LogP contribution in [0.4, 0.5) is 0 Å². The molecule has 58 heavy (non-hydrogen) atoms. The van der Waals surface area contributed by atoms with E-state index in [2.05, 4.69) is 35.5 Å². The van der Waals surface area contributed by atoms with Gasteiger partial charge in [0.2, 0.25) is 11.8 Å². The number of ether oxygens (including phenoxy) is 1. The molecule has 4 atom stereocenters. The second-order valence-electron chi connectivity index (χ2n) is 15.5. The van der Waals surface area contributed by atoms with Gasteiger partial charge in [0, 0.05) is 61.2 Å². The normalized spacial score (nSPS) is 18.4. The second kappa shape index (κ2) is 16.5. The number of nitrogens with zero attached hydrogens (tertiary/aromatic N) is 6. The van der Waals surface area contributed by atoms with E-state index in [9.17, 15) is 19.8 Å². The molecule has 2 saturated heterocycles. The summed E-state index contributed by atoms with van der Waals surface area (Å²) in [7, 11) is 0. The summed E-state index contributed by atoms with van der Waals surface area (Å²) in [6.07, 6.45) is -0.690. The minimum absolute atomic E-state index is 0.0438. The van der Waals surface area contributed by atoms with Gasteiger partial charge < -0.3 is 34.7 Å². The van der Waals surface area contributed by atoms with E-state index >= 15 is 0 Å². The van der Waals surface area contributed by atoms with E-state index in [1.807, 2.05) is 69.6 Å². The number of halogens is 1. The predicted octanol–water partition coefficient (Wildman–Crippen LogP) is 6.46. The number of nitrogens with one attached hydrogen (secondary N) is 2. The number of phenols is 1. The van der Waals surface area contributed by atoms with Crippen LogP contribution in [0.15, 0.2) is 70.7 Å². The predicted molar refractivity (Wildman–Crippen MR) is 220 cm³/mol. The minimum Gasteiger partial charge on any atom is -0.507 e. The number of rotatable bonds is 13. The molecule has 6 aromatic rings. The first-order valence-corrected chi connectivity index (χ1v) is 20.6. The summed E-state index contributed by atoms with van der Waals surface area (Å²) in [5, 5.41) is 38.0. The summed E-state index contributed by atoms with van der Waals surface area (Å²) < 4.78 is 11.6. The van der Waals surface area contributed by atoms with E-state index < -0.39 is 18.1 Å². The molecule has 2 aliphatic rings. The SMILES string of the molecule is Cc1ncsc1-c1ccc([C@H](C)NC(=O)[C@@H]2C[C@@H](O)CN2C(=O)[C@@H](c2cc(OCCN3CC(c4[nH]c5nnc(-c6ccccc6O)cc5c4Cl)C3)no2)C(C)C)cc1. The lowest BCUT2D eigenvalue weighted by atomic mass is 9.91. The van der Waals surface area contributed by atoms with Gasteiger partial charge >= 0.3 is 0 Å². The number of aromatic amines is 1. The minimum atomic E-state index is -0.835. The fraction of sp³-hybridized carbons (Fsp3) is 0.381.